The zero-order valence-electron chi connectivity index (χ0n) is 12.1. The third-order valence-corrected chi connectivity index (χ3v) is 4.30. The average Bonchev–Trinajstić information content (AvgIpc) is 3.17. The number of hydrogen-bond acceptors (Lipinski definition) is 4. The smallest absolute Gasteiger partial charge is 0.307 e. The van der Waals surface area contributed by atoms with Crippen LogP contribution in [0.5, 0.6) is 11.5 Å². The van der Waals surface area contributed by atoms with E-state index in [1.807, 2.05) is 0 Å². The number of carboxylic acid groups (broad SMARTS) is 1. The van der Waals surface area contributed by atoms with E-state index in [4.69, 9.17) is 14.6 Å². The highest BCUT2D eigenvalue weighted by molar-refractivity contribution is 6.00. The number of benzene rings is 1. The SMILES string of the molecule is Cc1c(CC(=O)O)c2cc3c(cc2n1C(=O)C1CC1)OCO3. The maximum atomic E-state index is 12.6. The summed E-state index contributed by atoms with van der Waals surface area (Å²) >= 11 is 0. The van der Waals surface area contributed by atoms with Crippen LogP contribution in [0.3, 0.4) is 0 Å². The van der Waals surface area contributed by atoms with Gasteiger partial charge in [-0.2, -0.15) is 0 Å². The Kier molecular flexibility index (Phi) is 2.69. The van der Waals surface area contributed by atoms with Gasteiger partial charge in [-0.15, -0.1) is 0 Å². The lowest BCUT2D eigenvalue weighted by Crippen LogP contribution is -2.14. The van der Waals surface area contributed by atoms with Gasteiger partial charge in [-0.3, -0.25) is 14.2 Å². The molecular formula is C16H15NO5. The molecule has 2 heterocycles. The minimum Gasteiger partial charge on any atom is -0.481 e. The van der Waals surface area contributed by atoms with Crippen molar-refractivity contribution in [3.05, 3.63) is 23.4 Å². The van der Waals surface area contributed by atoms with Crippen LogP contribution in [0.25, 0.3) is 10.9 Å². The van der Waals surface area contributed by atoms with Crippen LogP contribution in [0.15, 0.2) is 12.1 Å². The summed E-state index contributed by atoms with van der Waals surface area (Å²) in [5.74, 6) is 0.362. The van der Waals surface area contributed by atoms with Crippen LogP contribution in [-0.4, -0.2) is 28.3 Å². The number of fused-ring (bicyclic) bond motifs is 2. The normalized spacial score (nSPS) is 16.2. The average molecular weight is 301 g/mol. The molecule has 6 heteroatoms. The summed E-state index contributed by atoms with van der Waals surface area (Å²) in [7, 11) is 0. The first-order valence-corrected chi connectivity index (χ1v) is 7.26. The van der Waals surface area contributed by atoms with Crippen molar-refractivity contribution in [1.29, 1.82) is 0 Å². The highest BCUT2D eigenvalue weighted by atomic mass is 16.7. The summed E-state index contributed by atoms with van der Waals surface area (Å²) in [6.07, 6.45) is 1.68. The monoisotopic (exact) mass is 301 g/mol. The first-order chi connectivity index (χ1) is 10.6. The fraction of sp³-hybridized carbons (Fsp3) is 0.375. The molecule has 0 unspecified atom stereocenters. The van der Waals surface area contributed by atoms with E-state index >= 15 is 0 Å². The van der Waals surface area contributed by atoms with Gasteiger partial charge < -0.3 is 14.6 Å². The lowest BCUT2D eigenvalue weighted by Gasteiger charge is -2.06. The van der Waals surface area contributed by atoms with Crippen molar-refractivity contribution < 1.29 is 24.2 Å². The number of nitrogens with zero attached hydrogens (tertiary/aromatic N) is 1. The van der Waals surface area contributed by atoms with E-state index < -0.39 is 5.97 Å². The van der Waals surface area contributed by atoms with Gasteiger partial charge in [0.15, 0.2) is 11.5 Å². The van der Waals surface area contributed by atoms with Gasteiger partial charge in [-0.1, -0.05) is 0 Å². The first kappa shape index (κ1) is 13.2. The fourth-order valence-electron chi connectivity index (χ4n) is 3.04. The molecule has 1 aromatic heterocycles. The van der Waals surface area contributed by atoms with Gasteiger partial charge in [0.1, 0.15) is 0 Å². The molecule has 22 heavy (non-hydrogen) atoms. The van der Waals surface area contributed by atoms with Gasteiger partial charge in [0.05, 0.1) is 11.9 Å². The number of carboxylic acids is 1. The zero-order valence-corrected chi connectivity index (χ0v) is 12.1. The molecule has 1 N–H and O–H groups in total. The molecule has 1 aromatic carbocycles. The third-order valence-electron chi connectivity index (χ3n) is 4.30. The standard InChI is InChI=1S/C16H15NO5/c1-8-10(5-15(18)19)11-4-13-14(22-7-21-13)6-12(11)17(8)16(20)9-2-3-9/h4,6,9H,2-3,5,7H2,1H3,(H,18,19). The fourth-order valence-corrected chi connectivity index (χ4v) is 3.04. The van der Waals surface area contributed by atoms with Crippen molar-refractivity contribution in [2.75, 3.05) is 6.79 Å². The van der Waals surface area contributed by atoms with Crippen molar-refractivity contribution in [2.24, 2.45) is 5.92 Å². The molecule has 1 aliphatic carbocycles. The molecule has 0 radical (unpaired) electrons. The Hall–Kier alpha value is -2.50. The molecule has 2 aliphatic rings. The van der Waals surface area contributed by atoms with Gasteiger partial charge in [0.2, 0.25) is 12.7 Å². The summed E-state index contributed by atoms with van der Waals surface area (Å²) < 4.78 is 12.4. The number of hydrogen-bond donors (Lipinski definition) is 1. The summed E-state index contributed by atoms with van der Waals surface area (Å²) in [5, 5.41) is 9.91. The summed E-state index contributed by atoms with van der Waals surface area (Å²) in [6.45, 7) is 1.94. The van der Waals surface area contributed by atoms with E-state index in [-0.39, 0.29) is 25.0 Å². The zero-order chi connectivity index (χ0) is 15.4. The largest absolute Gasteiger partial charge is 0.481 e. The molecule has 114 valence electrons. The van der Waals surface area contributed by atoms with E-state index in [9.17, 15) is 9.59 Å². The Bertz CT molecular complexity index is 816. The second-order valence-electron chi connectivity index (χ2n) is 5.81. The highest BCUT2D eigenvalue weighted by Gasteiger charge is 2.34. The molecule has 0 amide bonds. The first-order valence-electron chi connectivity index (χ1n) is 7.26. The Morgan fingerprint density at radius 2 is 1.95 bits per heavy atom. The molecule has 1 aliphatic heterocycles. The highest BCUT2D eigenvalue weighted by Crippen LogP contribution is 2.41. The van der Waals surface area contributed by atoms with Gasteiger partial charge in [-0.05, 0) is 31.4 Å². The predicted molar refractivity (Wildman–Crippen MR) is 77.5 cm³/mol. The van der Waals surface area contributed by atoms with E-state index in [1.54, 1.807) is 23.6 Å². The topological polar surface area (TPSA) is 77.8 Å². The minimum atomic E-state index is -0.918. The van der Waals surface area contributed by atoms with Crippen molar-refractivity contribution >= 4 is 22.8 Å². The molecule has 0 bridgehead atoms. The molecule has 1 saturated carbocycles. The third kappa shape index (κ3) is 1.87. The number of carbonyl (C=O) groups is 2. The Balaban J connectivity index is 1.98. The summed E-state index contributed by atoms with van der Waals surface area (Å²) in [6, 6.07) is 3.55. The quantitative estimate of drug-likeness (QED) is 0.941. The molecular weight excluding hydrogens is 286 g/mol. The van der Waals surface area contributed by atoms with E-state index in [0.29, 0.717) is 28.3 Å². The lowest BCUT2D eigenvalue weighted by atomic mass is 10.1. The van der Waals surface area contributed by atoms with Gasteiger partial charge in [-0.25, -0.2) is 0 Å². The molecule has 4 rings (SSSR count). The number of ether oxygens (including phenoxy) is 2. The number of aromatic nitrogens is 1. The molecule has 0 atom stereocenters. The van der Waals surface area contributed by atoms with E-state index in [2.05, 4.69) is 0 Å². The summed E-state index contributed by atoms with van der Waals surface area (Å²) in [4.78, 5) is 23.8. The number of aliphatic carboxylic acids is 1. The molecule has 1 fully saturated rings. The van der Waals surface area contributed by atoms with Crippen molar-refractivity contribution in [3.63, 3.8) is 0 Å². The molecule has 2 aromatic rings. The lowest BCUT2D eigenvalue weighted by molar-refractivity contribution is -0.136. The van der Waals surface area contributed by atoms with Crippen molar-refractivity contribution in [2.45, 2.75) is 26.2 Å². The van der Waals surface area contributed by atoms with Crippen molar-refractivity contribution in [3.8, 4) is 11.5 Å². The van der Waals surface area contributed by atoms with Crippen LogP contribution < -0.4 is 9.47 Å². The van der Waals surface area contributed by atoms with Gasteiger partial charge >= 0.3 is 5.97 Å². The number of carbonyl (C=O) groups excluding carboxylic acids is 1. The van der Waals surface area contributed by atoms with Crippen LogP contribution in [0.1, 0.15) is 28.9 Å². The maximum Gasteiger partial charge on any atom is 0.307 e. The number of rotatable bonds is 3. The Morgan fingerprint density at radius 1 is 1.27 bits per heavy atom. The van der Waals surface area contributed by atoms with Crippen molar-refractivity contribution in [1.82, 2.24) is 4.57 Å². The predicted octanol–water partition coefficient (Wildman–Crippen LogP) is 2.36. The summed E-state index contributed by atoms with van der Waals surface area (Å²) in [5.41, 5.74) is 2.06. The Labute approximate surface area is 126 Å². The molecule has 6 nitrogen and oxygen atoms in total. The van der Waals surface area contributed by atoms with Crippen LogP contribution in [0, 0.1) is 12.8 Å². The second kappa shape index (κ2) is 4.50. The van der Waals surface area contributed by atoms with Gasteiger partial charge in [0, 0.05) is 23.1 Å². The van der Waals surface area contributed by atoms with Crippen LogP contribution in [-0.2, 0) is 11.2 Å². The van der Waals surface area contributed by atoms with Gasteiger partial charge in [0.25, 0.3) is 0 Å². The maximum absolute atomic E-state index is 12.6. The van der Waals surface area contributed by atoms with Crippen LogP contribution in [0.2, 0.25) is 0 Å². The van der Waals surface area contributed by atoms with Crippen LogP contribution >= 0.6 is 0 Å². The van der Waals surface area contributed by atoms with E-state index in [0.717, 1.165) is 18.2 Å². The molecule has 0 saturated heterocycles. The van der Waals surface area contributed by atoms with Crippen LogP contribution in [0.4, 0.5) is 0 Å². The Morgan fingerprint density at radius 3 is 2.59 bits per heavy atom. The molecule has 0 spiro atoms. The second-order valence-corrected chi connectivity index (χ2v) is 5.81. The minimum absolute atomic E-state index is 0.0398. The van der Waals surface area contributed by atoms with E-state index in [1.165, 1.54) is 0 Å².